The summed E-state index contributed by atoms with van der Waals surface area (Å²) >= 11 is 3.42. The smallest absolute Gasteiger partial charge is 0.132 e. The summed E-state index contributed by atoms with van der Waals surface area (Å²) < 4.78 is 1.07. The molecule has 1 unspecified atom stereocenters. The molecule has 0 saturated heterocycles. The maximum atomic E-state index is 5.70. The summed E-state index contributed by atoms with van der Waals surface area (Å²) in [6.07, 6.45) is 0. The van der Waals surface area contributed by atoms with Crippen LogP contribution in [0.4, 0.5) is 11.6 Å². The first-order valence-electron chi connectivity index (χ1n) is 5.68. The highest BCUT2D eigenvalue weighted by molar-refractivity contribution is 9.10. The number of aromatic nitrogens is 2. The van der Waals surface area contributed by atoms with Crippen LogP contribution in [0.25, 0.3) is 0 Å². The number of nitrogen functional groups attached to an aromatic ring is 1. The molecule has 18 heavy (non-hydrogen) atoms. The number of aryl methyl sites for hydroxylation is 1. The maximum Gasteiger partial charge on any atom is 0.132 e. The molecule has 0 aliphatic carbocycles. The van der Waals surface area contributed by atoms with Gasteiger partial charge in [-0.15, -0.1) is 0 Å². The Balaban J connectivity index is 2.15. The third kappa shape index (κ3) is 3.20. The number of halogens is 1. The first kappa shape index (κ1) is 12.8. The van der Waals surface area contributed by atoms with Crippen LogP contribution in [0.1, 0.15) is 24.4 Å². The SMILES string of the molecule is Cc1nc(N)cc(NC(C)c2ccc(Br)cc2)n1. The summed E-state index contributed by atoms with van der Waals surface area (Å²) in [5.74, 6) is 1.89. The fourth-order valence-corrected chi connectivity index (χ4v) is 1.99. The molecular weight excluding hydrogens is 292 g/mol. The molecule has 0 amide bonds. The monoisotopic (exact) mass is 306 g/mol. The summed E-state index contributed by atoms with van der Waals surface area (Å²) in [5, 5.41) is 3.31. The van der Waals surface area contributed by atoms with Crippen LogP contribution in [-0.2, 0) is 0 Å². The van der Waals surface area contributed by atoms with Crippen molar-refractivity contribution in [3.8, 4) is 0 Å². The molecule has 0 saturated carbocycles. The molecule has 1 heterocycles. The largest absolute Gasteiger partial charge is 0.384 e. The predicted molar refractivity (Wildman–Crippen MR) is 77.4 cm³/mol. The normalized spacial score (nSPS) is 12.2. The molecule has 5 heteroatoms. The number of nitrogens with zero attached hydrogens (tertiary/aromatic N) is 2. The third-order valence-electron chi connectivity index (χ3n) is 2.59. The van der Waals surface area contributed by atoms with Gasteiger partial charge in [-0.2, -0.15) is 0 Å². The number of hydrogen-bond donors (Lipinski definition) is 2. The Morgan fingerprint density at radius 1 is 1.22 bits per heavy atom. The number of nitrogens with one attached hydrogen (secondary N) is 1. The minimum Gasteiger partial charge on any atom is -0.384 e. The van der Waals surface area contributed by atoms with Gasteiger partial charge in [-0.25, -0.2) is 9.97 Å². The van der Waals surface area contributed by atoms with Crippen LogP contribution in [0.3, 0.4) is 0 Å². The molecule has 0 radical (unpaired) electrons. The van der Waals surface area contributed by atoms with Gasteiger partial charge in [0.05, 0.1) is 0 Å². The lowest BCUT2D eigenvalue weighted by molar-refractivity contribution is 0.867. The van der Waals surface area contributed by atoms with Crippen molar-refractivity contribution < 1.29 is 0 Å². The minimum atomic E-state index is 0.159. The van der Waals surface area contributed by atoms with Gasteiger partial charge in [0.15, 0.2) is 0 Å². The Labute approximate surface area is 115 Å². The van der Waals surface area contributed by atoms with Crippen molar-refractivity contribution in [2.75, 3.05) is 11.1 Å². The van der Waals surface area contributed by atoms with Gasteiger partial charge < -0.3 is 11.1 Å². The highest BCUT2D eigenvalue weighted by Crippen LogP contribution is 2.20. The lowest BCUT2D eigenvalue weighted by atomic mass is 10.1. The Kier molecular flexibility index (Phi) is 3.81. The maximum absolute atomic E-state index is 5.70. The zero-order valence-electron chi connectivity index (χ0n) is 10.3. The van der Waals surface area contributed by atoms with E-state index in [0.29, 0.717) is 11.6 Å². The Hall–Kier alpha value is -1.62. The van der Waals surface area contributed by atoms with E-state index in [4.69, 9.17) is 5.73 Å². The van der Waals surface area contributed by atoms with Gasteiger partial charge in [-0.3, -0.25) is 0 Å². The second-order valence-corrected chi connectivity index (χ2v) is 5.06. The first-order valence-corrected chi connectivity index (χ1v) is 6.47. The highest BCUT2D eigenvalue weighted by Gasteiger charge is 2.07. The van der Waals surface area contributed by atoms with E-state index >= 15 is 0 Å². The van der Waals surface area contributed by atoms with Gasteiger partial charge in [0, 0.05) is 16.6 Å². The average Bonchev–Trinajstić information content (AvgIpc) is 2.28. The average molecular weight is 307 g/mol. The van der Waals surface area contributed by atoms with Gasteiger partial charge in [-0.1, -0.05) is 28.1 Å². The number of rotatable bonds is 3. The second kappa shape index (κ2) is 5.35. The van der Waals surface area contributed by atoms with Crippen LogP contribution in [-0.4, -0.2) is 9.97 Å². The van der Waals surface area contributed by atoms with Crippen LogP contribution in [0.2, 0.25) is 0 Å². The van der Waals surface area contributed by atoms with Crippen LogP contribution in [0.5, 0.6) is 0 Å². The third-order valence-corrected chi connectivity index (χ3v) is 3.12. The molecule has 1 atom stereocenters. The number of nitrogens with two attached hydrogens (primary N) is 1. The van der Waals surface area contributed by atoms with Gasteiger partial charge in [0.1, 0.15) is 17.5 Å². The molecule has 2 aromatic rings. The summed E-state index contributed by atoms with van der Waals surface area (Å²) in [6.45, 7) is 3.91. The van der Waals surface area contributed by atoms with E-state index in [1.807, 2.05) is 19.1 Å². The van der Waals surface area contributed by atoms with Crippen LogP contribution in [0.15, 0.2) is 34.8 Å². The standard InChI is InChI=1S/C13H15BrN4/c1-8(10-3-5-11(14)6-4-10)16-13-7-12(15)17-9(2)18-13/h3-8H,1-2H3,(H3,15,16,17,18). The summed E-state index contributed by atoms with van der Waals surface area (Å²) in [4.78, 5) is 8.35. The van der Waals surface area contributed by atoms with E-state index in [1.54, 1.807) is 6.07 Å². The predicted octanol–water partition coefficient (Wildman–Crippen LogP) is 3.30. The van der Waals surface area contributed by atoms with E-state index in [-0.39, 0.29) is 6.04 Å². The Morgan fingerprint density at radius 2 is 1.89 bits per heavy atom. The second-order valence-electron chi connectivity index (χ2n) is 4.14. The van der Waals surface area contributed by atoms with Crippen molar-refractivity contribution in [2.45, 2.75) is 19.9 Å². The zero-order valence-corrected chi connectivity index (χ0v) is 11.9. The molecule has 0 aliphatic heterocycles. The van der Waals surface area contributed by atoms with Crippen molar-refractivity contribution in [3.63, 3.8) is 0 Å². The number of benzene rings is 1. The molecule has 1 aromatic heterocycles. The fourth-order valence-electron chi connectivity index (χ4n) is 1.72. The van der Waals surface area contributed by atoms with E-state index in [2.05, 4.69) is 50.3 Å². The molecule has 2 rings (SSSR count). The van der Waals surface area contributed by atoms with Crippen LogP contribution < -0.4 is 11.1 Å². The van der Waals surface area contributed by atoms with Crippen molar-refractivity contribution in [3.05, 3.63) is 46.2 Å². The lowest BCUT2D eigenvalue weighted by Gasteiger charge is -2.15. The zero-order chi connectivity index (χ0) is 13.1. The number of anilines is 2. The molecule has 0 bridgehead atoms. The van der Waals surface area contributed by atoms with Gasteiger partial charge in [0.25, 0.3) is 0 Å². The van der Waals surface area contributed by atoms with Gasteiger partial charge in [-0.05, 0) is 31.5 Å². The van der Waals surface area contributed by atoms with E-state index in [0.717, 1.165) is 10.3 Å². The van der Waals surface area contributed by atoms with Crippen LogP contribution >= 0.6 is 15.9 Å². The van der Waals surface area contributed by atoms with E-state index in [1.165, 1.54) is 5.56 Å². The Morgan fingerprint density at radius 3 is 2.50 bits per heavy atom. The molecule has 1 aromatic carbocycles. The molecule has 94 valence electrons. The van der Waals surface area contributed by atoms with Crippen molar-refractivity contribution in [1.29, 1.82) is 0 Å². The molecular formula is C13H15BrN4. The molecule has 4 nitrogen and oxygen atoms in total. The molecule has 0 fully saturated rings. The number of hydrogen-bond acceptors (Lipinski definition) is 4. The first-order chi connectivity index (χ1) is 8.54. The van der Waals surface area contributed by atoms with E-state index in [9.17, 15) is 0 Å². The fraction of sp³-hybridized carbons (Fsp3) is 0.231. The van der Waals surface area contributed by atoms with Crippen molar-refractivity contribution in [2.24, 2.45) is 0 Å². The minimum absolute atomic E-state index is 0.159. The van der Waals surface area contributed by atoms with E-state index < -0.39 is 0 Å². The van der Waals surface area contributed by atoms with Crippen molar-refractivity contribution in [1.82, 2.24) is 9.97 Å². The Bertz CT molecular complexity index is 519. The lowest BCUT2D eigenvalue weighted by Crippen LogP contribution is -2.09. The summed E-state index contributed by atoms with van der Waals surface area (Å²) in [7, 11) is 0. The quantitative estimate of drug-likeness (QED) is 0.913. The molecule has 0 aliphatic rings. The van der Waals surface area contributed by atoms with Gasteiger partial charge >= 0.3 is 0 Å². The van der Waals surface area contributed by atoms with Crippen LogP contribution in [0, 0.1) is 6.92 Å². The molecule has 0 spiro atoms. The highest BCUT2D eigenvalue weighted by atomic mass is 79.9. The summed E-state index contributed by atoms with van der Waals surface area (Å²) in [6, 6.07) is 10.1. The molecule has 3 N–H and O–H groups in total. The summed E-state index contributed by atoms with van der Waals surface area (Å²) in [5.41, 5.74) is 6.88. The van der Waals surface area contributed by atoms with Crippen molar-refractivity contribution >= 4 is 27.6 Å². The topological polar surface area (TPSA) is 63.8 Å². The van der Waals surface area contributed by atoms with Gasteiger partial charge in [0.2, 0.25) is 0 Å².